The molecule has 1 rings (SSSR count). The van der Waals surface area contributed by atoms with Crippen LogP contribution in [0, 0.1) is 16.7 Å². The van der Waals surface area contributed by atoms with Gasteiger partial charge in [-0.2, -0.15) is 10.2 Å². The summed E-state index contributed by atoms with van der Waals surface area (Å²) < 4.78 is 4.78. The maximum Gasteiger partial charge on any atom is 0.240 e. The van der Waals surface area contributed by atoms with E-state index < -0.39 is 5.41 Å². The zero-order valence-corrected chi connectivity index (χ0v) is 9.36. The monoisotopic (exact) mass is 222 g/mol. The molecule has 16 heavy (non-hydrogen) atoms. The molecule has 1 unspecified atom stereocenters. The summed E-state index contributed by atoms with van der Waals surface area (Å²) in [4.78, 5) is 15.5. The van der Waals surface area contributed by atoms with E-state index in [-0.39, 0.29) is 5.91 Å². The van der Waals surface area contributed by atoms with Gasteiger partial charge in [-0.15, -0.1) is 0 Å². The van der Waals surface area contributed by atoms with E-state index in [2.05, 4.69) is 15.5 Å². The topological polar surface area (TPSA) is 91.8 Å². The van der Waals surface area contributed by atoms with Crippen LogP contribution in [-0.2, 0) is 11.2 Å². The van der Waals surface area contributed by atoms with Gasteiger partial charge in [0.1, 0.15) is 5.41 Å². The van der Waals surface area contributed by atoms with Gasteiger partial charge in [0.15, 0.2) is 6.33 Å². The van der Waals surface area contributed by atoms with Crippen LogP contribution in [0.15, 0.2) is 10.9 Å². The highest BCUT2D eigenvalue weighted by Gasteiger charge is 2.30. The van der Waals surface area contributed by atoms with Gasteiger partial charge in [0, 0.05) is 13.0 Å². The number of nitrogens with zero attached hydrogens (tertiary/aromatic N) is 3. The van der Waals surface area contributed by atoms with Gasteiger partial charge in [0.05, 0.1) is 6.07 Å². The Kier molecular flexibility index (Phi) is 4.00. The average Bonchev–Trinajstić information content (AvgIpc) is 2.80. The quantitative estimate of drug-likeness (QED) is 0.790. The molecule has 0 fully saturated rings. The van der Waals surface area contributed by atoms with E-state index >= 15 is 0 Å². The van der Waals surface area contributed by atoms with Crippen molar-refractivity contribution in [2.24, 2.45) is 5.41 Å². The Balaban J connectivity index is 2.39. The van der Waals surface area contributed by atoms with Crippen molar-refractivity contribution in [1.82, 2.24) is 15.5 Å². The Hall–Kier alpha value is -1.90. The van der Waals surface area contributed by atoms with Gasteiger partial charge in [-0.3, -0.25) is 4.79 Å². The van der Waals surface area contributed by atoms with Gasteiger partial charge in [-0.25, -0.2) is 0 Å². The SMILES string of the molecule is CCC(C)(C#N)C(=O)NCCc1ncno1. The minimum Gasteiger partial charge on any atom is -0.354 e. The lowest BCUT2D eigenvalue weighted by Crippen LogP contribution is -2.38. The highest BCUT2D eigenvalue weighted by Crippen LogP contribution is 2.19. The van der Waals surface area contributed by atoms with Crippen molar-refractivity contribution >= 4 is 5.91 Å². The van der Waals surface area contributed by atoms with Crippen molar-refractivity contribution in [3.05, 3.63) is 12.2 Å². The molecular formula is C10H14N4O2. The van der Waals surface area contributed by atoms with Crippen LogP contribution in [0.5, 0.6) is 0 Å². The molecule has 0 aliphatic carbocycles. The van der Waals surface area contributed by atoms with Gasteiger partial charge in [-0.05, 0) is 13.3 Å². The Bertz CT molecular complexity index is 382. The molecule has 1 amide bonds. The van der Waals surface area contributed by atoms with Crippen molar-refractivity contribution in [1.29, 1.82) is 5.26 Å². The fourth-order valence-corrected chi connectivity index (χ4v) is 1.07. The van der Waals surface area contributed by atoms with E-state index in [1.54, 1.807) is 13.8 Å². The molecule has 0 bridgehead atoms. The molecule has 1 aromatic rings. The summed E-state index contributed by atoms with van der Waals surface area (Å²) in [5.74, 6) is 0.201. The Morgan fingerprint density at radius 2 is 2.50 bits per heavy atom. The molecule has 0 aliphatic rings. The number of hydrogen-bond donors (Lipinski definition) is 1. The highest BCUT2D eigenvalue weighted by atomic mass is 16.5. The summed E-state index contributed by atoms with van der Waals surface area (Å²) in [6.45, 7) is 3.81. The van der Waals surface area contributed by atoms with Crippen LogP contribution in [-0.4, -0.2) is 22.6 Å². The number of nitriles is 1. The van der Waals surface area contributed by atoms with Crippen LogP contribution in [0.2, 0.25) is 0 Å². The lowest BCUT2D eigenvalue weighted by molar-refractivity contribution is -0.127. The maximum atomic E-state index is 11.7. The number of carbonyl (C=O) groups excluding carboxylic acids is 1. The number of rotatable bonds is 5. The van der Waals surface area contributed by atoms with Gasteiger partial charge < -0.3 is 9.84 Å². The molecule has 1 heterocycles. The van der Waals surface area contributed by atoms with Gasteiger partial charge in [0.2, 0.25) is 11.8 Å². The Morgan fingerprint density at radius 3 is 3.00 bits per heavy atom. The predicted octanol–water partition coefficient (Wildman–Crippen LogP) is 0.668. The summed E-state index contributed by atoms with van der Waals surface area (Å²) >= 11 is 0. The standard InChI is InChI=1S/C10H14N4O2/c1-3-10(2,6-11)9(15)12-5-4-8-13-7-14-16-8/h7H,3-5H2,1-2H3,(H,12,15). The van der Waals surface area contributed by atoms with Crippen molar-refractivity contribution < 1.29 is 9.32 Å². The maximum absolute atomic E-state index is 11.7. The lowest BCUT2D eigenvalue weighted by Gasteiger charge is -2.17. The summed E-state index contributed by atoms with van der Waals surface area (Å²) in [5.41, 5.74) is -0.963. The van der Waals surface area contributed by atoms with E-state index in [9.17, 15) is 4.79 Å². The third kappa shape index (κ3) is 2.79. The average molecular weight is 222 g/mol. The van der Waals surface area contributed by atoms with Crippen molar-refractivity contribution in [2.75, 3.05) is 6.54 Å². The van der Waals surface area contributed by atoms with Gasteiger partial charge >= 0.3 is 0 Å². The fraction of sp³-hybridized carbons (Fsp3) is 0.600. The molecule has 0 saturated heterocycles. The van der Waals surface area contributed by atoms with Crippen LogP contribution < -0.4 is 5.32 Å². The van der Waals surface area contributed by atoms with Crippen LogP contribution in [0.1, 0.15) is 26.2 Å². The lowest BCUT2D eigenvalue weighted by atomic mass is 9.88. The third-order valence-electron chi connectivity index (χ3n) is 2.49. The van der Waals surface area contributed by atoms with Crippen molar-refractivity contribution in [3.63, 3.8) is 0 Å². The zero-order chi connectivity index (χ0) is 12.0. The number of amides is 1. The fourth-order valence-electron chi connectivity index (χ4n) is 1.07. The first kappa shape index (κ1) is 12.2. The second-order valence-electron chi connectivity index (χ2n) is 3.64. The van der Waals surface area contributed by atoms with E-state index in [0.29, 0.717) is 25.3 Å². The summed E-state index contributed by atoms with van der Waals surface area (Å²) in [5, 5.41) is 15.0. The van der Waals surface area contributed by atoms with Crippen LogP contribution in [0.3, 0.4) is 0 Å². The molecule has 0 aromatic carbocycles. The summed E-state index contributed by atoms with van der Waals surface area (Å²) in [6, 6.07) is 2.01. The van der Waals surface area contributed by atoms with E-state index in [1.165, 1.54) is 6.33 Å². The van der Waals surface area contributed by atoms with Gasteiger partial charge in [0.25, 0.3) is 0 Å². The first-order chi connectivity index (χ1) is 7.62. The molecule has 0 radical (unpaired) electrons. The number of aromatic nitrogens is 2. The molecule has 6 nitrogen and oxygen atoms in total. The molecule has 6 heteroatoms. The minimum absolute atomic E-state index is 0.267. The van der Waals surface area contributed by atoms with Crippen LogP contribution in [0.25, 0.3) is 0 Å². The van der Waals surface area contributed by atoms with E-state index in [1.807, 2.05) is 6.07 Å². The molecule has 0 spiro atoms. The van der Waals surface area contributed by atoms with E-state index in [0.717, 1.165) is 0 Å². The van der Waals surface area contributed by atoms with Crippen LogP contribution in [0.4, 0.5) is 0 Å². The number of nitrogens with one attached hydrogen (secondary N) is 1. The molecule has 0 aliphatic heterocycles. The zero-order valence-electron chi connectivity index (χ0n) is 9.36. The molecular weight excluding hydrogens is 208 g/mol. The second kappa shape index (κ2) is 5.26. The Morgan fingerprint density at radius 1 is 1.75 bits per heavy atom. The minimum atomic E-state index is -0.963. The van der Waals surface area contributed by atoms with Crippen molar-refractivity contribution in [2.45, 2.75) is 26.7 Å². The van der Waals surface area contributed by atoms with E-state index in [4.69, 9.17) is 9.78 Å². The van der Waals surface area contributed by atoms with Gasteiger partial charge in [-0.1, -0.05) is 12.1 Å². The first-order valence-electron chi connectivity index (χ1n) is 5.07. The molecule has 0 saturated carbocycles. The molecule has 1 atom stereocenters. The normalized spacial score (nSPS) is 13.8. The first-order valence-corrected chi connectivity index (χ1v) is 5.07. The number of carbonyl (C=O) groups is 1. The second-order valence-corrected chi connectivity index (χ2v) is 3.64. The largest absolute Gasteiger partial charge is 0.354 e. The molecule has 1 aromatic heterocycles. The summed E-state index contributed by atoms with van der Waals surface area (Å²) in [7, 11) is 0. The summed E-state index contributed by atoms with van der Waals surface area (Å²) in [6.07, 6.45) is 2.26. The smallest absolute Gasteiger partial charge is 0.240 e. The van der Waals surface area contributed by atoms with Crippen LogP contribution >= 0.6 is 0 Å². The number of hydrogen-bond acceptors (Lipinski definition) is 5. The third-order valence-corrected chi connectivity index (χ3v) is 2.49. The highest BCUT2D eigenvalue weighted by molar-refractivity contribution is 5.84. The van der Waals surface area contributed by atoms with Crippen molar-refractivity contribution in [3.8, 4) is 6.07 Å². The molecule has 86 valence electrons. The Labute approximate surface area is 93.6 Å². The molecule has 1 N–H and O–H groups in total. The predicted molar refractivity (Wildman–Crippen MR) is 55.0 cm³/mol.